The van der Waals surface area contributed by atoms with Crippen LogP contribution in [-0.2, 0) is 25.7 Å². The molecule has 0 aliphatic heterocycles. The minimum absolute atomic E-state index is 0.0713. The highest BCUT2D eigenvalue weighted by molar-refractivity contribution is 7.88. The summed E-state index contributed by atoms with van der Waals surface area (Å²) in [7, 11) is -0.0366. The number of rotatable bonds is 3. The Morgan fingerprint density at radius 2 is 1.78 bits per heavy atom. The Morgan fingerprint density at radius 1 is 1.22 bits per heavy atom. The first-order valence-electron chi connectivity index (χ1n) is 5.62. The van der Waals surface area contributed by atoms with Crippen molar-refractivity contribution in [1.82, 2.24) is 0 Å². The summed E-state index contributed by atoms with van der Waals surface area (Å²) >= 11 is 0. The zero-order valence-electron chi connectivity index (χ0n) is 11.1. The van der Waals surface area contributed by atoms with Gasteiger partial charge in [-0.3, -0.25) is 0 Å². The van der Waals surface area contributed by atoms with E-state index in [4.69, 9.17) is 0 Å². The second-order valence-electron chi connectivity index (χ2n) is 4.90. The molecule has 0 bridgehead atoms. The van der Waals surface area contributed by atoms with E-state index in [2.05, 4.69) is 25.5 Å². The maximum atomic E-state index is 11.8. The number of carbonyl (C=O) groups is 1. The largest absolute Gasteiger partial charge is 0.466 e. The lowest BCUT2D eigenvalue weighted by Gasteiger charge is -2.18. The molecule has 0 saturated carbocycles. The predicted octanol–water partition coefficient (Wildman–Crippen LogP) is 2.78. The zero-order chi connectivity index (χ0) is 13.8. The van der Waals surface area contributed by atoms with E-state index >= 15 is 0 Å². The van der Waals surface area contributed by atoms with Crippen molar-refractivity contribution < 1.29 is 13.7 Å². The number of carbonyl (C=O) groups excluding carboxylic acids is 1. The standard InChI is InChI=1S/C14H18O3S/c1-14(2,3)11-5-7-12(8-6-11)18(16)10-9-13(15)17-4/h5-10H,1-4H3/b10-9+. The highest BCUT2D eigenvalue weighted by atomic mass is 32.2. The second-order valence-corrected chi connectivity index (χ2v) is 6.24. The van der Waals surface area contributed by atoms with Crippen molar-refractivity contribution in [3.63, 3.8) is 0 Å². The fourth-order valence-electron chi connectivity index (χ4n) is 1.35. The number of ether oxygens (including phenoxy) is 1. The molecule has 1 unspecified atom stereocenters. The van der Waals surface area contributed by atoms with Crippen molar-refractivity contribution in [2.45, 2.75) is 31.1 Å². The molecule has 0 spiro atoms. The molecule has 4 heteroatoms. The van der Waals surface area contributed by atoms with E-state index in [0.717, 1.165) is 0 Å². The van der Waals surface area contributed by atoms with Crippen molar-refractivity contribution in [2.75, 3.05) is 7.11 Å². The average molecular weight is 266 g/mol. The van der Waals surface area contributed by atoms with Crippen LogP contribution in [0.3, 0.4) is 0 Å². The van der Waals surface area contributed by atoms with Crippen LogP contribution >= 0.6 is 0 Å². The van der Waals surface area contributed by atoms with E-state index in [1.165, 1.54) is 24.2 Å². The molecule has 0 N–H and O–H groups in total. The Morgan fingerprint density at radius 3 is 2.22 bits per heavy atom. The molecule has 0 amide bonds. The van der Waals surface area contributed by atoms with Gasteiger partial charge in [0, 0.05) is 16.4 Å². The van der Waals surface area contributed by atoms with Crippen LogP contribution in [0.15, 0.2) is 40.6 Å². The van der Waals surface area contributed by atoms with Crippen LogP contribution in [0.2, 0.25) is 0 Å². The zero-order valence-corrected chi connectivity index (χ0v) is 11.9. The first-order chi connectivity index (χ1) is 8.34. The first kappa shape index (κ1) is 14.6. The Kier molecular flexibility index (Phi) is 4.84. The third kappa shape index (κ3) is 4.11. The summed E-state index contributed by atoms with van der Waals surface area (Å²) in [6.07, 6.45) is 1.17. The fraction of sp³-hybridized carbons (Fsp3) is 0.357. The Labute approximate surface area is 110 Å². The minimum Gasteiger partial charge on any atom is -0.466 e. The van der Waals surface area contributed by atoms with Gasteiger partial charge in [-0.2, -0.15) is 0 Å². The molecule has 0 fully saturated rings. The molecule has 1 atom stereocenters. The van der Waals surface area contributed by atoms with Crippen LogP contribution in [0.25, 0.3) is 0 Å². The maximum Gasteiger partial charge on any atom is 0.331 e. The van der Waals surface area contributed by atoms with E-state index in [-0.39, 0.29) is 5.41 Å². The van der Waals surface area contributed by atoms with E-state index in [1.54, 1.807) is 0 Å². The van der Waals surface area contributed by atoms with Crippen LogP contribution in [0, 0.1) is 0 Å². The summed E-state index contributed by atoms with van der Waals surface area (Å²) < 4.78 is 16.3. The van der Waals surface area contributed by atoms with Gasteiger partial charge in [-0.05, 0) is 23.1 Å². The lowest BCUT2D eigenvalue weighted by Crippen LogP contribution is -2.10. The topological polar surface area (TPSA) is 43.4 Å². The molecule has 98 valence electrons. The molecule has 1 aromatic carbocycles. The minimum atomic E-state index is -1.32. The van der Waals surface area contributed by atoms with E-state index in [0.29, 0.717) is 4.90 Å². The molecule has 3 nitrogen and oxygen atoms in total. The van der Waals surface area contributed by atoms with Gasteiger partial charge >= 0.3 is 5.97 Å². The molecule has 0 aromatic heterocycles. The molecule has 0 saturated heterocycles. The van der Waals surface area contributed by atoms with Crippen LogP contribution in [-0.4, -0.2) is 17.3 Å². The van der Waals surface area contributed by atoms with Crippen molar-refractivity contribution in [3.8, 4) is 0 Å². The van der Waals surface area contributed by atoms with Gasteiger partial charge < -0.3 is 4.74 Å². The van der Waals surface area contributed by atoms with Gasteiger partial charge in [-0.1, -0.05) is 32.9 Å². The number of hydrogen-bond donors (Lipinski definition) is 0. The molecule has 0 aliphatic rings. The summed E-state index contributed by atoms with van der Waals surface area (Å²) in [4.78, 5) is 11.6. The normalized spacial score (nSPS) is 13.6. The Balaban J connectivity index is 2.83. The van der Waals surface area contributed by atoms with Crippen molar-refractivity contribution >= 4 is 16.8 Å². The van der Waals surface area contributed by atoms with Gasteiger partial charge in [0.05, 0.1) is 17.9 Å². The summed E-state index contributed by atoms with van der Waals surface area (Å²) in [5.41, 5.74) is 1.25. The summed E-state index contributed by atoms with van der Waals surface area (Å²) in [5, 5.41) is 1.33. The first-order valence-corrected chi connectivity index (χ1v) is 6.83. The van der Waals surface area contributed by atoms with Gasteiger partial charge in [0.1, 0.15) is 0 Å². The Bertz CT molecular complexity index is 467. The SMILES string of the molecule is COC(=O)/C=C/S(=O)c1ccc(C(C)(C)C)cc1. The van der Waals surface area contributed by atoms with Gasteiger partial charge in [0.2, 0.25) is 0 Å². The van der Waals surface area contributed by atoms with Crippen molar-refractivity contribution in [2.24, 2.45) is 0 Å². The summed E-state index contributed by atoms with van der Waals surface area (Å²) in [5.74, 6) is -0.505. The Hall–Kier alpha value is -1.42. The fourth-order valence-corrected chi connectivity index (χ4v) is 2.15. The smallest absolute Gasteiger partial charge is 0.331 e. The van der Waals surface area contributed by atoms with Crippen LogP contribution in [0.1, 0.15) is 26.3 Å². The molecule has 18 heavy (non-hydrogen) atoms. The number of methoxy groups -OCH3 is 1. The van der Waals surface area contributed by atoms with Crippen LogP contribution in [0.5, 0.6) is 0 Å². The highest BCUT2D eigenvalue weighted by Gasteiger charge is 2.13. The third-order valence-corrected chi connectivity index (χ3v) is 3.60. The predicted molar refractivity (Wildman–Crippen MR) is 72.7 cm³/mol. The van der Waals surface area contributed by atoms with Crippen LogP contribution in [0.4, 0.5) is 0 Å². The molecule has 0 heterocycles. The van der Waals surface area contributed by atoms with Gasteiger partial charge in [-0.15, -0.1) is 0 Å². The third-order valence-electron chi connectivity index (χ3n) is 2.48. The molecule has 0 aliphatic carbocycles. The lowest BCUT2D eigenvalue weighted by atomic mass is 9.87. The number of hydrogen-bond acceptors (Lipinski definition) is 3. The van der Waals surface area contributed by atoms with Crippen molar-refractivity contribution in [1.29, 1.82) is 0 Å². The number of benzene rings is 1. The van der Waals surface area contributed by atoms with Gasteiger partial charge in [0.15, 0.2) is 0 Å². The second kappa shape index (κ2) is 5.96. The van der Waals surface area contributed by atoms with E-state index in [9.17, 15) is 9.00 Å². The maximum absolute atomic E-state index is 11.8. The summed E-state index contributed by atoms with van der Waals surface area (Å²) in [6, 6.07) is 7.55. The summed E-state index contributed by atoms with van der Waals surface area (Å²) in [6.45, 7) is 6.36. The quantitative estimate of drug-likeness (QED) is 0.624. The van der Waals surface area contributed by atoms with Crippen molar-refractivity contribution in [3.05, 3.63) is 41.3 Å². The average Bonchev–Trinajstić information content (AvgIpc) is 2.34. The van der Waals surface area contributed by atoms with E-state index in [1.807, 2.05) is 24.3 Å². The molecular weight excluding hydrogens is 248 g/mol. The molecule has 1 aromatic rings. The van der Waals surface area contributed by atoms with E-state index < -0.39 is 16.8 Å². The molecule has 1 rings (SSSR count). The lowest BCUT2D eigenvalue weighted by molar-refractivity contribution is -0.134. The van der Waals surface area contributed by atoms with Gasteiger partial charge in [0.25, 0.3) is 0 Å². The molecule has 0 radical (unpaired) electrons. The monoisotopic (exact) mass is 266 g/mol. The van der Waals surface area contributed by atoms with Gasteiger partial charge in [-0.25, -0.2) is 9.00 Å². The highest BCUT2D eigenvalue weighted by Crippen LogP contribution is 2.23. The number of esters is 1. The van der Waals surface area contributed by atoms with Crippen LogP contribution < -0.4 is 0 Å². The molecular formula is C14H18O3S.